The number of aromatic nitrogens is 2. The minimum Gasteiger partial charge on any atom is -0.351 e. The molecule has 0 spiro atoms. The molecule has 0 aliphatic carbocycles. The van der Waals surface area contributed by atoms with E-state index in [-0.39, 0.29) is 17.3 Å². The third kappa shape index (κ3) is 3.33. The van der Waals surface area contributed by atoms with Crippen LogP contribution in [0.4, 0.5) is 4.39 Å². The van der Waals surface area contributed by atoms with Gasteiger partial charge in [0.05, 0.1) is 0 Å². The van der Waals surface area contributed by atoms with Gasteiger partial charge < -0.3 is 14.5 Å². The normalized spacial score (nSPS) is 11.0. The molecule has 2 heterocycles. The second-order valence-electron chi connectivity index (χ2n) is 6.04. The lowest BCUT2D eigenvalue weighted by Gasteiger charge is -2.09. The minimum absolute atomic E-state index is 0.0552. The van der Waals surface area contributed by atoms with Gasteiger partial charge in [-0.2, -0.15) is 0 Å². The van der Waals surface area contributed by atoms with Crippen LogP contribution >= 0.6 is 0 Å². The summed E-state index contributed by atoms with van der Waals surface area (Å²) in [7, 11) is 1.80. The van der Waals surface area contributed by atoms with Gasteiger partial charge in [-0.25, -0.2) is 4.39 Å². The molecule has 1 amide bonds. The number of carbonyl (C=O) groups excluding carboxylic acids is 1. The minimum atomic E-state index is -0.318. The van der Waals surface area contributed by atoms with Gasteiger partial charge in [-0.3, -0.25) is 9.59 Å². The van der Waals surface area contributed by atoms with Crippen LogP contribution in [0.2, 0.25) is 0 Å². The van der Waals surface area contributed by atoms with Crippen molar-refractivity contribution in [2.45, 2.75) is 19.9 Å². The summed E-state index contributed by atoms with van der Waals surface area (Å²) in [5.74, 6) is -0.515. The van der Waals surface area contributed by atoms with Crippen LogP contribution in [0.1, 0.15) is 22.5 Å². The lowest BCUT2D eigenvalue weighted by molar-refractivity contribution is 0.0944. The van der Waals surface area contributed by atoms with Gasteiger partial charge in [0.2, 0.25) is 5.56 Å². The van der Waals surface area contributed by atoms with Crippen molar-refractivity contribution < 1.29 is 9.18 Å². The number of benzene rings is 1. The van der Waals surface area contributed by atoms with Crippen molar-refractivity contribution >= 4 is 16.8 Å². The second-order valence-corrected chi connectivity index (χ2v) is 6.04. The molecule has 130 valence electrons. The van der Waals surface area contributed by atoms with E-state index < -0.39 is 0 Å². The number of rotatable bonds is 5. The zero-order valence-electron chi connectivity index (χ0n) is 14.3. The lowest BCUT2D eigenvalue weighted by Crippen LogP contribution is -2.28. The standard InChI is InChI=1S/C19H20FN3O2/c1-13-15-12-14(20)7-8-16(15)22(2)18(13)19(25)21-9-5-11-23-10-4-3-6-17(23)24/h3-4,6-8,10,12H,5,9,11H2,1-2H3,(H,21,25). The Labute approximate surface area is 144 Å². The summed E-state index contributed by atoms with van der Waals surface area (Å²) in [5.41, 5.74) is 2.05. The molecular weight excluding hydrogens is 321 g/mol. The fourth-order valence-corrected chi connectivity index (χ4v) is 3.10. The van der Waals surface area contributed by atoms with E-state index in [0.717, 1.165) is 16.5 Å². The third-order valence-electron chi connectivity index (χ3n) is 4.39. The molecule has 0 atom stereocenters. The Bertz CT molecular complexity index is 988. The molecule has 5 nitrogen and oxygen atoms in total. The van der Waals surface area contributed by atoms with Crippen molar-refractivity contribution in [3.05, 3.63) is 70.0 Å². The zero-order chi connectivity index (χ0) is 18.0. The van der Waals surface area contributed by atoms with Gasteiger partial charge in [0.1, 0.15) is 11.5 Å². The maximum atomic E-state index is 13.5. The smallest absolute Gasteiger partial charge is 0.268 e. The molecule has 0 saturated carbocycles. The third-order valence-corrected chi connectivity index (χ3v) is 4.39. The SMILES string of the molecule is Cc1c(C(=O)NCCCn2ccccc2=O)n(C)c2ccc(F)cc12. The fourth-order valence-electron chi connectivity index (χ4n) is 3.10. The average Bonchev–Trinajstić information content (AvgIpc) is 2.83. The molecule has 0 aliphatic heterocycles. The zero-order valence-corrected chi connectivity index (χ0v) is 14.3. The van der Waals surface area contributed by atoms with Gasteiger partial charge in [0, 0.05) is 43.3 Å². The maximum absolute atomic E-state index is 13.5. The molecule has 0 aliphatic rings. The number of hydrogen-bond acceptors (Lipinski definition) is 2. The molecule has 0 radical (unpaired) electrons. The number of carbonyl (C=O) groups is 1. The largest absolute Gasteiger partial charge is 0.351 e. The highest BCUT2D eigenvalue weighted by molar-refractivity contribution is 6.01. The number of aryl methyl sites for hydroxylation is 3. The molecule has 0 bridgehead atoms. The highest BCUT2D eigenvalue weighted by Crippen LogP contribution is 2.25. The molecule has 2 aromatic heterocycles. The van der Waals surface area contributed by atoms with Gasteiger partial charge in [-0.15, -0.1) is 0 Å². The van der Waals surface area contributed by atoms with Crippen molar-refractivity contribution in [3.63, 3.8) is 0 Å². The van der Waals surface area contributed by atoms with Crippen molar-refractivity contribution in [3.8, 4) is 0 Å². The Morgan fingerprint density at radius 3 is 2.80 bits per heavy atom. The number of fused-ring (bicyclic) bond motifs is 1. The van der Waals surface area contributed by atoms with Crippen molar-refractivity contribution in [2.24, 2.45) is 7.05 Å². The summed E-state index contributed by atoms with van der Waals surface area (Å²) in [5, 5.41) is 3.62. The van der Waals surface area contributed by atoms with Gasteiger partial charge in [0.25, 0.3) is 5.91 Å². The summed E-state index contributed by atoms with van der Waals surface area (Å²) in [6.07, 6.45) is 2.38. The fraction of sp³-hybridized carbons (Fsp3) is 0.263. The molecule has 1 aromatic carbocycles. The Morgan fingerprint density at radius 2 is 2.04 bits per heavy atom. The van der Waals surface area contributed by atoms with Crippen LogP contribution in [0.25, 0.3) is 10.9 Å². The Hall–Kier alpha value is -2.89. The van der Waals surface area contributed by atoms with E-state index in [0.29, 0.717) is 25.2 Å². The summed E-state index contributed by atoms with van der Waals surface area (Å²) in [6, 6.07) is 9.53. The van der Waals surface area contributed by atoms with E-state index in [1.165, 1.54) is 18.2 Å². The Kier molecular flexibility index (Phi) is 4.70. The molecule has 3 rings (SSSR count). The number of pyridine rings is 1. The number of nitrogens with zero attached hydrogens (tertiary/aromatic N) is 2. The van der Waals surface area contributed by atoms with Gasteiger partial charge >= 0.3 is 0 Å². The second kappa shape index (κ2) is 6.93. The molecule has 0 saturated heterocycles. The molecule has 0 fully saturated rings. The molecular formula is C19H20FN3O2. The highest BCUT2D eigenvalue weighted by Gasteiger charge is 2.18. The molecule has 25 heavy (non-hydrogen) atoms. The van der Waals surface area contributed by atoms with Gasteiger partial charge in [-0.05, 0) is 43.2 Å². The predicted octanol–water partition coefficient (Wildman–Crippen LogP) is 2.61. The van der Waals surface area contributed by atoms with Crippen LogP contribution in [-0.2, 0) is 13.6 Å². The summed E-state index contributed by atoms with van der Waals surface area (Å²) < 4.78 is 16.9. The predicted molar refractivity (Wildman–Crippen MR) is 95.3 cm³/mol. The Balaban J connectivity index is 1.69. The summed E-state index contributed by atoms with van der Waals surface area (Å²) in [6.45, 7) is 2.81. The maximum Gasteiger partial charge on any atom is 0.268 e. The topological polar surface area (TPSA) is 56.0 Å². The number of halogens is 1. The molecule has 0 unspecified atom stereocenters. The Morgan fingerprint density at radius 1 is 1.24 bits per heavy atom. The van der Waals surface area contributed by atoms with E-state index in [9.17, 15) is 14.0 Å². The molecule has 1 N–H and O–H groups in total. The van der Waals surface area contributed by atoms with Crippen LogP contribution in [-0.4, -0.2) is 21.6 Å². The van der Waals surface area contributed by atoms with Crippen LogP contribution < -0.4 is 10.9 Å². The van der Waals surface area contributed by atoms with Gasteiger partial charge in [0.15, 0.2) is 0 Å². The van der Waals surface area contributed by atoms with Gasteiger partial charge in [-0.1, -0.05) is 6.07 Å². The first-order valence-corrected chi connectivity index (χ1v) is 8.17. The van der Waals surface area contributed by atoms with Crippen molar-refractivity contribution in [1.29, 1.82) is 0 Å². The first-order chi connectivity index (χ1) is 12.0. The number of amides is 1. The van der Waals surface area contributed by atoms with Crippen LogP contribution in [0.3, 0.4) is 0 Å². The van der Waals surface area contributed by atoms with E-state index >= 15 is 0 Å². The first-order valence-electron chi connectivity index (χ1n) is 8.17. The summed E-state index contributed by atoms with van der Waals surface area (Å²) >= 11 is 0. The first kappa shape index (κ1) is 17.0. The molecule has 3 aromatic rings. The van der Waals surface area contributed by atoms with Crippen LogP contribution in [0.15, 0.2) is 47.4 Å². The summed E-state index contributed by atoms with van der Waals surface area (Å²) in [4.78, 5) is 24.2. The van der Waals surface area contributed by atoms with Crippen molar-refractivity contribution in [2.75, 3.05) is 6.54 Å². The van der Waals surface area contributed by atoms with E-state index in [1.54, 1.807) is 40.6 Å². The average molecular weight is 341 g/mol. The van der Waals surface area contributed by atoms with E-state index in [2.05, 4.69) is 5.32 Å². The van der Waals surface area contributed by atoms with E-state index in [1.807, 2.05) is 6.92 Å². The molecule has 6 heteroatoms. The monoisotopic (exact) mass is 341 g/mol. The van der Waals surface area contributed by atoms with Crippen LogP contribution in [0.5, 0.6) is 0 Å². The van der Waals surface area contributed by atoms with E-state index in [4.69, 9.17) is 0 Å². The van der Waals surface area contributed by atoms with Crippen LogP contribution in [0, 0.1) is 12.7 Å². The van der Waals surface area contributed by atoms with Crippen molar-refractivity contribution in [1.82, 2.24) is 14.5 Å². The number of hydrogen-bond donors (Lipinski definition) is 1. The highest BCUT2D eigenvalue weighted by atomic mass is 19.1. The quantitative estimate of drug-likeness (QED) is 0.725. The number of nitrogens with one attached hydrogen (secondary N) is 1. The lowest BCUT2D eigenvalue weighted by atomic mass is 10.1.